The number of benzene rings is 1. The number of piperazine rings is 1. The summed E-state index contributed by atoms with van der Waals surface area (Å²) >= 11 is 0. The largest absolute Gasteiger partial charge is 0.348 e. The molecule has 4 rings (SSSR count). The number of amides is 1. The van der Waals surface area contributed by atoms with Crippen LogP contribution in [0, 0.1) is 12.8 Å². The minimum atomic E-state index is -0.142. The Balaban J connectivity index is 1.63. The smallest absolute Gasteiger partial charge is 0.295 e. The molecule has 1 aliphatic heterocycles. The maximum Gasteiger partial charge on any atom is 0.295 e. The van der Waals surface area contributed by atoms with Crippen molar-refractivity contribution >= 4 is 22.9 Å². The lowest BCUT2D eigenvalue weighted by atomic mass is 10.0. The van der Waals surface area contributed by atoms with Crippen molar-refractivity contribution in [1.29, 1.82) is 0 Å². The van der Waals surface area contributed by atoms with E-state index in [2.05, 4.69) is 23.8 Å². The molecule has 0 saturated carbocycles. The normalized spacial score (nSPS) is 14.4. The Morgan fingerprint density at radius 3 is 2.38 bits per heavy atom. The maximum atomic E-state index is 13.5. The average Bonchev–Trinajstić information content (AvgIpc) is 2.83. The molecule has 32 heavy (non-hydrogen) atoms. The second-order valence-corrected chi connectivity index (χ2v) is 8.48. The zero-order valence-electron chi connectivity index (χ0n) is 19.1. The first-order valence-electron chi connectivity index (χ1n) is 11.5. The molecule has 1 amide bonds. The van der Waals surface area contributed by atoms with E-state index >= 15 is 0 Å². The molecule has 2 aromatic heterocycles. The van der Waals surface area contributed by atoms with Crippen LogP contribution in [0.2, 0.25) is 0 Å². The van der Waals surface area contributed by atoms with Crippen LogP contribution in [-0.2, 0) is 11.3 Å². The molecular formula is C25H31N5O2. The highest BCUT2D eigenvalue weighted by atomic mass is 16.2. The lowest BCUT2D eigenvalue weighted by Gasteiger charge is -2.36. The van der Waals surface area contributed by atoms with Gasteiger partial charge in [0.25, 0.3) is 5.56 Å². The SMILES string of the molecule is CCC(CC)C(=O)N1CCN(c2nc3cccnc3n(Cc3ccc(C)cc3)c2=O)CC1. The molecule has 1 saturated heterocycles. The topological polar surface area (TPSA) is 71.3 Å². The Morgan fingerprint density at radius 1 is 1.03 bits per heavy atom. The molecule has 0 N–H and O–H groups in total. The van der Waals surface area contributed by atoms with Gasteiger partial charge < -0.3 is 9.80 Å². The standard InChI is InChI=1S/C25H31N5O2/c1-4-20(5-2)24(31)29-15-13-28(14-16-29)23-25(32)30(17-19-10-8-18(3)9-11-19)22-21(27-23)7-6-12-26-22/h6-12,20H,4-5,13-17H2,1-3H3. The number of fused-ring (bicyclic) bond motifs is 1. The third kappa shape index (κ3) is 4.38. The predicted octanol–water partition coefficient (Wildman–Crippen LogP) is 3.23. The Hall–Kier alpha value is -3.22. The lowest BCUT2D eigenvalue weighted by Crippen LogP contribution is -2.52. The third-order valence-corrected chi connectivity index (χ3v) is 6.37. The van der Waals surface area contributed by atoms with E-state index < -0.39 is 0 Å². The molecule has 0 spiro atoms. The first-order chi connectivity index (χ1) is 15.5. The molecule has 7 nitrogen and oxygen atoms in total. The fourth-order valence-electron chi connectivity index (χ4n) is 4.33. The van der Waals surface area contributed by atoms with E-state index in [1.165, 1.54) is 5.56 Å². The molecule has 0 unspecified atom stereocenters. The summed E-state index contributed by atoms with van der Waals surface area (Å²) in [4.78, 5) is 39.3. The molecule has 3 heterocycles. The van der Waals surface area contributed by atoms with Gasteiger partial charge in [0.1, 0.15) is 5.52 Å². The van der Waals surface area contributed by atoms with Crippen molar-refractivity contribution < 1.29 is 4.79 Å². The van der Waals surface area contributed by atoms with Gasteiger partial charge in [0.05, 0.1) is 6.54 Å². The van der Waals surface area contributed by atoms with Gasteiger partial charge in [-0.15, -0.1) is 0 Å². The minimum absolute atomic E-state index is 0.0816. The average molecular weight is 434 g/mol. The van der Waals surface area contributed by atoms with Crippen molar-refractivity contribution in [3.05, 3.63) is 64.1 Å². The number of carbonyl (C=O) groups is 1. The number of rotatable bonds is 6. The zero-order valence-corrected chi connectivity index (χ0v) is 19.1. The summed E-state index contributed by atoms with van der Waals surface area (Å²) in [6.45, 7) is 9.03. The number of carbonyl (C=O) groups excluding carboxylic acids is 1. The van der Waals surface area contributed by atoms with Gasteiger partial charge in [-0.05, 0) is 37.5 Å². The van der Waals surface area contributed by atoms with Crippen molar-refractivity contribution in [2.45, 2.75) is 40.2 Å². The number of hydrogen-bond acceptors (Lipinski definition) is 5. The van der Waals surface area contributed by atoms with E-state index in [-0.39, 0.29) is 17.4 Å². The quantitative estimate of drug-likeness (QED) is 0.597. The van der Waals surface area contributed by atoms with Crippen LogP contribution in [0.1, 0.15) is 37.8 Å². The summed E-state index contributed by atoms with van der Waals surface area (Å²) in [5, 5.41) is 0. The van der Waals surface area contributed by atoms with Gasteiger partial charge >= 0.3 is 0 Å². The summed E-state index contributed by atoms with van der Waals surface area (Å²) in [7, 11) is 0. The fraction of sp³-hybridized carbons (Fsp3) is 0.440. The summed E-state index contributed by atoms with van der Waals surface area (Å²) < 4.78 is 1.71. The number of aryl methyl sites for hydroxylation is 1. The van der Waals surface area contributed by atoms with Crippen LogP contribution in [0.3, 0.4) is 0 Å². The van der Waals surface area contributed by atoms with Crippen LogP contribution in [-0.4, -0.2) is 51.5 Å². The summed E-state index contributed by atoms with van der Waals surface area (Å²) in [5.74, 6) is 0.743. The van der Waals surface area contributed by atoms with Gasteiger partial charge in [-0.1, -0.05) is 43.7 Å². The number of pyridine rings is 1. The number of nitrogens with zero attached hydrogens (tertiary/aromatic N) is 5. The summed E-state index contributed by atoms with van der Waals surface area (Å²) in [6, 6.07) is 11.9. The molecule has 0 radical (unpaired) electrons. The fourth-order valence-corrected chi connectivity index (χ4v) is 4.33. The van der Waals surface area contributed by atoms with Gasteiger partial charge in [0.2, 0.25) is 5.91 Å². The second kappa shape index (κ2) is 9.51. The van der Waals surface area contributed by atoms with E-state index in [9.17, 15) is 9.59 Å². The number of anilines is 1. The van der Waals surface area contributed by atoms with Gasteiger partial charge in [0, 0.05) is 38.3 Å². The molecule has 0 bridgehead atoms. The molecular weight excluding hydrogens is 402 g/mol. The summed E-state index contributed by atoms with van der Waals surface area (Å²) in [5.41, 5.74) is 3.37. The highest BCUT2D eigenvalue weighted by Gasteiger charge is 2.27. The van der Waals surface area contributed by atoms with Crippen LogP contribution in [0.5, 0.6) is 0 Å². The Bertz CT molecular complexity index is 1140. The van der Waals surface area contributed by atoms with Gasteiger partial charge in [-0.2, -0.15) is 0 Å². The van der Waals surface area contributed by atoms with Crippen LogP contribution < -0.4 is 10.5 Å². The first-order valence-corrected chi connectivity index (χ1v) is 11.5. The molecule has 1 aliphatic rings. The first kappa shape index (κ1) is 22.0. The molecule has 0 atom stereocenters. The molecule has 1 fully saturated rings. The molecule has 1 aromatic carbocycles. The summed E-state index contributed by atoms with van der Waals surface area (Å²) in [6.07, 6.45) is 3.41. The van der Waals surface area contributed by atoms with E-state index in [4.69, 9.17) is 0 Å². The second-order valence-electron chi connectivity index (χ2n) is 8.48. The van der Waals surface area contributed by atoms with Crippen LogP contribution in [0.15, 0.2) is 47.4 Å². The van der Waals surface area contributed by atoms with Crippen LogP contribution in [0.25, 0.3) is 11.2 Å². The van der Waals surface area contributed by atoms with Gasteiger partial charge in [-0.25, -0.2) is 9.97 Å². The van der Waals surface area contributed by atoms with Gasteiger partial charge in [-0.3, -0.25) is 14.2 Å². The van der Waals surface area contributed by atoms with Crippen molar-refractivity contribution in [3.8, 4) is 0 Å². The maximum absolute atomic E-state index is 13.5. The van der Waals surface area contributed by atoms with Crippen molar-refractivity contribution in [3.63, 3.8) is 0 Å². The van der Waals surface area contributed by atoms with E-state index in [1.807, 2.05) is 53.1 Å². The van der Waals surface area contributed by atoms with Crippen LogP contribution >= 0.6 is 0 Å². The Kier molecular flexibility index (Phi) is 6.53. The minimum Gasteiger partial charge on any atom is -0.348 e. The van der Waals surface area contributed by atoms with Crippen molar-refractivity contribution in [2.75, 3.05) is 31.1 Å². The number of hydrogen-bond donors (Lipinski definition) is 0. The highest BCUT2D eigenvalue weighted by Crippen LogP contribution is 2.18. The van der Waals surface area contributed by atoms with E-state index in [1.54, 1.807) is 10.8 Å². The molecule has 7 heteroatoms. The third-order valence-electron chi connectivity index (χ3n) is 6.37. The van der Waals surface area contributed by atoms with Crippen molar-refractivity contribution in [1.82, 2.24) is 19.4 Å². The lowest BCUT2D eigenvalue weighted by molar-refractivity contribution is -0.136. The zero-order chi connectivity index (χ0) is 22.7. The van der Waals surface area contributed by atoms with Crippen molar-refractivity contribution in [2.24, 2.45) is 5.92 Å². The molecule has 0 aliphatic carbocycles. The van der Waals surface area contributed by atoms with E-state index in [0.717, 1.165) is 18.4 Å². The monoisotopic (exact) mass is 433 g/mol. The molecule has 3 aromatic rings. The van der Waals surface area contributed by atoms with Crippen LogP contribution in [0.4, 0.5) is 5.82 Å². The highest BCUT2D eigenvalue weighted by molar-refractivity contribution is 5.79. The Labute approximate surface area is 188 Å². The molecule has 168 valence electrons. The number of aromatic nitrogens is 3. The van der Waals surface area contributed by atoms with Gasteiger partial charge in [0.15, 0.2) is 11.5 Å². The van der Waals surface area contributed by atoms with E-state index in [0.29, 0.717) is 49.7 Å². The predicted molar refractivity (Wildman–Crippen MR) is 127 cm³/mol. The Morgan fingerprint density at radius 2 is 1.72 bits per heavy atom.